The summed E-state index contributed by atoms with van der Waals surface area (Å²) in [6.45, 7) is 1.25. The number of ether oxygens (including phenoxy) is 3. The van der Waals surface area contributed by atoms with Gasteiger partial charge in [0, 0.05) is 15.6 Å². The van der Waals surface area contributed by atoms with E-state index in [4.69, 9.17) is 37.4 Å². The van der Waals surface area contributed by atoms with Gasteiger partial charge in [-0.2, -0.15) is 5.10 Å². The first kappa shape index (κ1) is 28.1. The lowest BCUT2D eigenvalue weighted by atomic mass is 10.2. The molecule has 0 aliphatic carbocycles. The lowest BCUT2D eigenvalue weighted by molar-refractivity contribution is -0.119. The van der Waals surface area contributed by atoms with E-state index < -0.39 is 22.5 Å². The van der Waals surface area contributed by atoms with Gasteiger partial charge in [-0.1, -0.05) is 40.9 Å². The Morgan fingerprint density at radius 1 is 0.946 bits per heavy atom. The van der Waals surface area contributed by atoms with Crippen LogP contribution in [0.2, 0.25) is 10.0 Å². The van der Waals surface area contributed by atoms with Crippen LogP contribution in [0.1, 0.15) is 11.1 Å². The molecule has 0 aromatic heterocycles. The van der Waals surface area contributed by atoms with Gasteiger partial charge in [0.05, 0.1) is 38.1 Å². The van der Waals surface area contributed by atoms with Crippen LogP contribution in [0.15, 0.2) is 64.6 Å². The Kier molecular flexibility index (Phi) is 9.25. The third kappa shape index (κ3) is 6.85. The highest BCUT2D eigenvalue weighted by molar-refractivity contribution is 7.92. The van der Waals surface area contributed by atoms with E-state index >= 15 is 0 Å². The van der Waals surface area contributed by atoms with Crippen LogP contribution in [0, 0.1) is 6.92 Å². The fourth-order valence-electron chi connectivity index (χ4n) is 3.36. The van der Waals surface area contributed by atoms with Crippen molar-refractivity contribution in [3.63, 3.8) is 0 Å². The number of rotatable bonds is 10. The monoisotopic (exact) mass is 565 g/mol. The molecule has 0 unspecified atom stereocenters. The molecule has 37 heavy (non-hydrogen) atoms. The SMILES string of the molecule is COc1cc(/C=N\NC(=O)CN(c2cc(Cl)cc(Cl)c2)S(=O)(=O)c2ccc(C)cc2)cc(OC)c1OC. The van der Waals surface area contributed by atoms with Crippen LogP contribution < -0.4 is 23.9 Å². The Balaban J connectivity index is 1.88. The summed E-state index contributed by atoms with van der Waals surface area (Å²) in [7, 11) is 0.293. The van der Waals surface area contributed by atoms with Crippen molar-refractivity contribution in [2.24, 2.45) is 5.10 Å². The van der Waals surface area contributed by atoms with Crippen molar-refractivity contribution >= 4 is 51.0 Å². The number of nitrogens with zero attached hydrogens (tertiary/aromatic N) is 2. The van der Waals surface area contributed by atoms with E-state index in [9.17, 15) is 13.2 Å². The van der Waals surface area contributed by atoms with E-state index in [2.05, 4.69) is 10.5 Å². The smallest absolute Gasteiger partial charge is 0.264 e. The molecule has 0 spiro atoms. The predicted octanol–water partition coefficient (Wildman–Crippen LogP) is 4.67. The summed E-state index contributed by atoms with van der Waals surface area (Å²) in [5.41, 5.74) is 3.90. The summed E-state index contributed by atoms with van der Waals surface area (Å²) >= 11 is 12.2. The summed E-state index contributed by atoms with van der Waals surface area (Å²) in [6.07, 6.45) is 1.36. The summed E-state index contributed by atoms with van der Waals surface area (Å²) in [5.74, 6) is 0.518. The summed E-state index contributed by atoms with van der Waals surface area (Å²) in [6, 6.07) is 13.8. The topological polar surface area (TPSA) is 107 Å². The molecule has 0 fully saturated rings. The third-order valence-corrected chi connectivity index (χ3v) is 7.35. The molecule has 0 aliphatic rings. The highest BCUT2D eigenvalue weighted by atomic mass is 35.5. The first-order valence-corrected chi connectivity index (χ1v) is 13.0. The first-order chi connectivity index (χ1) is 17.6. The van der Waals surface area contributed by atoms with Gasteiger partial charge >= 0.3 is 0 Å². The molecule has 0 heterocycles. The van der Waals surface area contributed by atoms with Crippen molar-refractivity contribution in [2.75, 3.05) is 32.2 Å². The zero-order chi connectivity index (χ0) is 27.2. The molecule has 0 radical (unpaired) electrons. The molecule has 1 N–H and O–H groups in total. The summed E-state index contributed by atoms with van der Waals surface area (Å²) in [5, 5.41) is 4.38. The molecule has 196 valence electrons. The molecule has 0 bridgehead atoms. The zero-order valence-corrected chi connectivity index (χ0v) is 22.8. The van der Waals surface area contributed by atoms with Crippen molar-refractivity contribution in [1.29, 1.82) is 0 Å². The molecule has 3 rings (SSSR count). The van der Waals surface area contributed by atoms with Crippen molar-refractivity contribution in [3.05, 3.63) is 75.8 Å². The lowest BCUT2D eigenvalue weighted by Crippen LogP contribution is -2.39. The van der Waals surface area contributed by atoms with Gasteiger partial charge in [-0.15, -0.1) is 0 Å². The van der Waals surface area contributed by atoms with Crippen LogP contribution in [-0.4, -0.2) is 48.4 Å². The lowest BCUT2D eigenvalue weighted by Gasteiger charge is -2.24. The number of hydrogen-bond donors (Lipinski definition) is 1. The Hall–Kier alpha value is -3.47. The number of anilines is 1. The number of nitrogens with one attached hydrogen (secondary N) is 1. The number of halogens is 2. The van der Waals surface area contributed by atoms with Gasteiger partial charge in [-0.05, 0) is 49.4 Å². The van der Waals surface area contributed by atoms with E-state index in [-0.39, 0.29) is 20.6 Å². The number of hydrogen-bond acceptors (Lipinski definition) is 7. The fourth-order valence-corrected chi connectivity index (χ4v) is 5.28. The standard InChI is InChI=1S/C25H25Cl2N3O6S/c1-16-5-7-21(8-6-16)37(32,33)30(20-12-18(26)11-19(27)13-20)15-24(31)29-28-14-17-9-22(34-2)25(36-4)23(10-17)35-3/h5-14H,15H2,1-4H3,(H,29,31)/b28-14-. The molecule has 0 aliphatic heterocycles. The quantitative estimate of drug-likeness (QED) is 0.282. The minimum absolute atomic E-state index is 0.00271. The number of amides is 1. The molecule has 12 heteroatoms. The van der Waals surface area contributed by atoms with E-state index in [0.717, 1.165) is 9.87 Å². The average molecular weight is 566 g/mol. The minimum atomic E-state index is -4.15. The Bertz CT molecular complexity index is 1370. The molecular formula is C25H25Cl2N3O6S. The molecule has 0 saturated heterocycles. The van der Waals surface area contributed by atoms with Crippen LogP contribution in [0.3, 0.4) is 0 Å². The molecular weight excluding hydrogens is 541 g/mol. The highest BCUT2D eigenvalue weighted by Gasteiger charge is 2.28. The third-order valence-electron chi connectivity index (χ3n) is 5.12. The number of aryl methyl sites for hydroxylation is 1. The van der Waals surface area contributed by atoms with E-state index in [1.807, 2.05) is 6.92 Å². The van der Waals surface area contributed by atoms with Crippen molar-refractivity contribution in [1.82, 2.24) is 5.43 Å². The zero-order valence-electron chi connectivity index (χ0n) is 20.5. The Morgan fingerprint density at radius 3 is 2.03 bits per heavy atom. The number of methoxy groups -OCH3 is 3. The average Bonchev–Trinajstić information content (AvgIpc) is 2.86. The maximum Gasteiger partial charge on any atom is 0.264 e. The van der Waals surface area contributed by atoms with Gasteiger partial charge in [0.2, 0.25) is 5.75 Å². The van der Waals surface area contributed by atoms with E-state index in [1.165, 1.54) is 57.9 Å². The molecule has 9 nitrogen and oxygen atoms in total. The maximum absolute atomic E-state index is 13.5. The number of sulfonamides is 1. The van der Waals surface area contributed by atoms with Crippen LogP contribution in [0.25, 0.3) is 0 Å². The van der Waals surface area contributed by atoms with Gasteiger partial charge < -0.3 is 14.2 Å². The van der Waals surface area contributed by atoms with Crippen molar-refractivity contribution in [3.8, 4) is 17.2 Å². The van der Waals surface area contributed by atoms with Crippen LogP contribution in [-0.2, 0) is 14.8 Å². The number of benzene rings is 3. The van der Waals surface area contributed by atoms with Crippen LogP contribution >= 0.6 is 23.2 Å². The second-order valence-electron chi connectivity index (χ2n) is 7.70. The maximum atomic E-state index is 13.5. The van der Waals surface area contributed by atoms with Gasteiger partial charge in [0.25, 0.3) is 15.9 Å². The summed E-state index contributed by atoms with van der Waals surface area (Å²) in [4.78, 5) is 12.8. The molecule has 3 aromatic carbocycles. The molecule has 0 saturated carbocycles. The summed E-state index contributed by atoms with van der Waals surface area (Å²) < 4.78 is 43.8. The first-order valence-electron chi connectivity index (χ1n) is 10.8. The largest absolute Gasteiger partial charge is 0.493 e. The van der Waals surface area contributed by atoms with Gasteiger partial charge in [-0.25, -0.2) is 13.8 Å². The van der Waals surface area contributed by atoms with Crippen molar-refractivity contribution < 1.29 is 27.4 Å². The number of carbonyl (C=O) groups is 1. The normalized spacial score (nSPS) is 11.3. The Labute approximate surface area is 225 Å². The predicted molar refractivity (Wildman–Crippen MR) is 144 cm³/mol. The second kappa shape index (κ2) is 12.2. The van der Waals surface area contributed by atoms with E-state index in [0.29, 0.717) is 22.8 Å². The highest BCUT2D eigenvalue weighted by Crippen LogP contribution is 2.37. The molecule has 0 atom stereocenters. The van der Waals surface area contributed by atoms with Crippen LogP contribution in [0.4, 0.5) is 5.69 Å². The van der Waals surface area contributed by atoms with E-state index in [1.54, 1.807) is 24.3 Å². The van der Waals surface area contributed by atoms with Crippen LogP contribution in [0.5, 0.6) is 17.2 Å². The second-order valence-corrected chi connectivity index (χ2v) is 10.4. The minimum Gasteiger partial charge on any atom is -0.493 e. The molecule has 1 amide bonds. The van der Waals surface area contributed by atoms with Gasteiger partial charge in [0.1, 0.15) is 6.54 Å². The van der Waals surface area contributed by atoms with Gasteiger partial charge in [0.15, 0.2) is 11.5 Å². The number of carbonyl (C=O) groups excluding carboxylic acids is 1. The van der Waals surface area contributed by atoms with Gasteiger partial charge in [-0.3, -0.25) is 9.10 Å². The Morgan fingerprint density at radius 2 is 1.51 bits per heavy atom. The van der Waals surface area contributed by atoms with Crippen molar-refractivity contribution in [2.45, 2.75) is 11.8 Å². The number of hydrazone groups is 1. The fraction of sp³-hybridized carbons (Fsp3) is 0.200. The molecule has 3 aromatic rings.